The first-order chi connectivity index (χ1) is 12.5. The van der Waals surface area contributed by atoms with Gasteiger partial charge < -0.3 is 10.0 Å². The molecule has 0 unspecified atom stereocenters. The number of rotatable bonds is 5. The third kappa shape index (κ3) is 3.79. The van der Waals surface area contributed by atoms with E-state index in [1.807, 2.05) is 60.4 Å². The number of carboxylic acid groups (broad SMARTS) is 1. The first-order valence-corrected chi connectivity index (χ1v) is 9.13. The molecule has 1 fully saturated rings. The minimum absolute atomic E-state index is 0.110. The van der Waals surface area contributed by atoms with E-state index in [9.17, 15) is 14.7 Å². The minimum Gasteiger partial charge on any atom is -0.481 e. The second kappa shape index (κ2) is 7.73. The van der Waals surface area contributed by atoms with Crippen LogP contribution >= 0.6 is 0 Å². The van der Waals surface area contributed by atoms with Crippen molar-refractivity contribution in [2.75, 3.05) is 13.1 Å². The van der Waals surface area contributed by atoms with Gasteiger partial charge in [-0.3, -0.25) is 9.59 Å². The summed E-state index contributed by atoms with van der Waals surface area (Å²) < 4.78 is 0. The number of hydrogen-bond donors (Lipinski definition) is 1. The minimum atomic E-state index is -0.880. The van der Waals surface area contributed by atoms with E-state index in [-0.39, 0.29) is 5.91 Å². The number of hydrogen-bond acceptors (Lipinski definition) is 2. The van der Waals surface area contributed by atoms with Crippen LogP contribution in [0.1, 0.15) is 36.0 Å². The van der Waals surface area contributed by atoms with Gasteiger partial charge in [-0.1, -0.05) is 60.2 Å². The summed E-state index contributed by atoms with van der Waals surface area (Å²) in [4.78, 5) is 26.4. The molecule has 0 saturated carbocycles. The van der Waals surface area contributed by atoms with Crippen molar-refractivity contribution in [2.24, 2.45) is 0 Å². The average molecular weight is 351 g/mol. The van der Waals surface area contributed by atoms with Crippen LogP contribution in [0.25, 0.3) is 0 Å². The van der Waals surface area contributed by atoms with Crippen molar-refractivity contribution >= 4 is 11.9 Å². The van der Waals surface area contributed by atoms with Gasteiger partial charge >= 0.3 is 5.97 Å². The van der Waals surface area contributed by atoms with Crippen molar-refractivity contribution in [1.82, 2.24) is 4.90 Å². The molecule has 0 aliphatic carbocycles. The molecule has 0 radical (unpaired) electrons. The lowest BCUT2D eigenvalue weighted by atomic mass is 9.73. The predicted octanol–water partition coefficient (Wildman–Crippen LogP) is 3.57. The number of piperidine rings is 1. The van der Waals surface area contributed by atoms with Crippen LogP contribution in [0, 0.1) is 6.92 Å². The monoisotopic (exact) mass is 351 g/mol. The molecule has 1 saturated heterocycles. The summed E-state index contributed by atoms with van der Waals surface area (Å²) in [5.41, 5.74) is 2.31. The molecular weight excluding hydrogens is 326 g/mol. The second-order valence-corrected chi connectivity index (χ2v) is 7.12. The lowest BCUT2D eigenvalue weighted by molar-refractivity contribution is -0.148. The fourth-order valence-corrected chi connectivity index (χ4v) is 3.80. The van der Waals surface area contributed by atoms with Crippen LogP contribution in [0.3, 0.4) is 0 Å². The maximum Gasteiger partial charge on any atom is 0.314 e. The highest BCUT2D eigenvalue weighted by molar-refractivity contribution is 5.82. The van der Waals surface area contributed by atoms with Crippen LogP contribution in [0.5, 0.6) is 0 Å². The van der Waals surface area contributed by atoms with Gasteiger partial charge in [0.15, 0.2) is 0 Å². The van der Waals surface area contributed by atoms with Crippen molar-refractivity contribution in [3.63, 3.8) is 0 Å². The molecule has 0 atom stereocenters. The molecule has 0 bridgehead atoms. The molecule has 136 valence electrons. The van der Waals surface area contributed by atoms with Gasteiger partial charge in [-0.15, -0.1) is 0 Å². The first-order valence-electron chi connectivity index (χ1n) is 9.13. The van der Waals surface area contributed by atoms with Crippen molar-refractivity contribution in [1.29, 1.82) is 0 Å². The van der Waals surface area contributed by atoms with Crippen LogP contribution in [0.15, 0.2) is 54.6 Å². The van der Waals surface area contributed by atoms with Crippen molar-refractivity contribution < 1.29 is 14.7 Å². The summed E-state index contributed by atoms with van der Waals surface area (Å²) in [7, 11) is 0. The standard InChI is InChI=1S/C22H25NO3/c1-17-6-5-7-18(16-17)10-11-20(24)23-14-12-22(13-15-23,21(25)26)19-8-3-2-4-9-19/h2-9,16H,10-15H2,1H3,(H,25,26). The highest BCUT2D eigenvalue weighted by Crippen LogP contribution is 2.36. The van der Waals surface area contributed by atoms with Gasteiger partial charge in [0.1, 0.15) is 0 Å². The topological polar surface area (TPSA) is 57.6 Å². The SMILES string of the molecule is Cc1cccc(CCC(=O)N2CCC(C(=O)O)(c3ccccc3)CC2)c1. The summed E-state index contributed by atoms with van der Waals surface area (Å²) in [6, 6.07) is 17.6. The molecule has 1 aliphatic rings. The molecular formula is C22H25NO3. The van der Waals surface area contributed by atoms with E-state index in [2.05, 4.69) is 6.07 Å². The maximum atomic E-state index is 12.6. The number of likely N-dealkylation sites (tertiary alicyclic amines) is 1. The Bertz CT molecular complexity index is 777. The molecule has 4 heteroatoms. The highest BCUT2D eigenvalue weighted by atomic mass is 16.4. The summed E-state index contributed by atoms with van der Waals surface area (Å²) in [6.45, 7) is 3.03. The van der Waals surface area contributed by atoms with E-state index in [4.69, 9.17) is 0 Å². The molecule has 1 heterocycles. The Morgan fingerprint density at radius 1 is 1.04 bits per heavy atom. The first kappa shape index (κ1) is 18.2. The number of benzene rings is 2. The Morgan fingerprint density at radius 3 is 2.35 bits per heavy atom. The van der Waals surface area contributed by atoms with E-state index < -0.39 is 11.4 Å². The fraction of sp³-hybridized carbons (Fsp3) is 0.364. The average Bonchev–Trinajstić information content (AvgIpc) is 2.67. The summed E-state index contributed by atoms with van der Waals surface area (Å²) >= 11 is 0. The fourth-order valence-electron chi connectivity index (χ4n) is 3.80. The Labute approximate surface area is 154 Å². The Hall–Kier alpha value is -2.62. The molecule has 1 N–H and O–H groups in total. The number of carboxylic acids is 1. The van der Waals surface area contributed by atoms with E-state index in [1.165, 1.54) is 11.1 Å². The number of nitrogens with zero attached hydrogens (tertiary/aromatic N) is 1. The number of amides is 1. The zero-order chi connectivity index (χ0) is 18.6. The largest absolute Gasteiger partial charge is 0.481 e. The highest BCUT2D eigenvalue weighted by Gasteiger charge is 2.43. The zero-order valence-electron chi connectivity index (χ0n) is 15.1. The quantitative estimate of drug-likeness (QED) is 0.896. The van der Waals surface area contributed by atoms with Gasteiger partial charge in [0.2, 0.25) is 5.91 Å². The van der Waals surface area contributed by atoms with E-state index in [0.717, 1.165) is 12.0 Å². The zero-order valence-corrected chi connectivity index (χ0v) is 15.1. The predicted molar refractivity (Wildman–Crippen MR) is 101 cm³/mol. The Morgan fingerprint density at radius 2 is 1.73 bits per heavy atom. The normalized spacial score (nSPS) is 16.3. The second-order valence-electron chi connectivity index (χ2n) is 7.12. The van der Waals surface area contributed by atoms with Gasteiger partial charge in [-0.25, -0.2) is 0 Å². The lowest BCUT2D eigenvalue weighted by Gasteiger charge is -2.39. The van der Waals surface area contributed by atoms with Gasteiger partial charge in [-0.2, -0.15) is 0 Å². The Kier molecular flexibility index (Phi) is 5.40. The molecule has 0 aromatic heterocycles. The number of carbonyl (C=O) groups is 2. The molecule has 1 amide bonds. The van der Waals surface area contributed by atoms with Gasteiger partial charge in [0.25, 0.3) is 0 Å². The molecule has 1 aliphatic heterocycles. The molecule has 26 heavy (non-hydrogen) atoms. The molecule has 2 aromatic carbocycles. The van der Waals surface area contributed by atoms with Crippen LogP contribution < -0.4 is 0 Å². The van der Waals surface area contributed by atoms with Gasteiger partial charge in [0.05, 0.1) is 5.41 Å². The smallest absolute Gasteiger partial charge is 0.314 e. The van der Waals surface area contributed by atoms with Crippen LogP contribution in [-0.4, -0.2) is 35.0 Å². The van der Waals surface area contributed by atoms with Crippen LogP contribution in [0.2, 0.25) is 0 Å². The summed E-state index contributed by atoms with van der Waals surface area (Å²) in [5.74, 6) is -0.686. The maximum absolute atomic E-state index is 12.6. The number of aryl methyl sites for hydroxylation is 2. The summed E-state index contributed by atoms with van der Waals surface area (Å²) in [5, 5.41) is 9.84. The van der Waals surface area contributed by atoms with Crippen molar-refractivity contribution in [3.8, 4) is 0 Å². The van der Waals surface area contributed by atoms with Crippen molar-refractivity contribution in [3.05, 3.63) is 71.3 Å². The molecule has 0 spiro atoms. The number of aliphatic carboxylic acids is 1. The van der Waals surface area contributed by atoms with E-state index >= 15 is 0 Å². The third-order valence-electron chi connectivity index (χ3n) is 5.42. The van der Waals surface area contributed by atoms with E-state index in [0.29, 0.717) is 32.4 Å². The van der Waals surface area contributed by atoms with Crippen LogP contribution in [-0.2, 0) is 21.4 Å². The van der Waals surface area contributed by atoms with Crippen molar-refractivity contribution in [2.45, 2.75) is 38.0 Å². The third-order valence-corrected chi connectivity index (χ3v) is 5.42. The van der Waals surface area contributed by atoms with Gasteiger partial charge in [-0.05, 0) is 37.3 Å². The Balaban J connectivity index is 1.62. The van der Waals surface area contributed by atoms with E-state index in [1.54, 1.807) is 0 Å². The molecule has 4 nitrogen and oxygen atoms in total. The number of carbonyl (C=O) groups excluding carboxylic acids is 1. The summed E-state index contributed by atoms with van der Waals surface area (Å²) in [6.07, 6.45) is 2.11. The van der Waals surface area contributed by atoms with Gasteiger partial charge in [0, 0.05) is 19.5 Å². The molecule has 3 rings (SSSR count). The molecule has 2 aromatic rings. The van der Waals surface area contributed by atoms with Crippen LogP contribution in [0.4, 0.5) is 0 Å². The lowest BCUT2D eigenvalue weighted by Crippen LogP contribution is -2.49.